The Morgan fingerprint density at radius 3 is 2.50 bits per heavy atom. The number of hydrogen-bond acceptors (Lipinski definition) is 4. The normalized spacial score (nSPS) is 9.20. The molecule has 0 radical (unpaired) electrons. The fourth-order valence-corrected chi connectivity index (χ4v) is 0.577. The summed E-state index contributed by atoms with van der Waals surface area (Å²) in [4.78, 5) is 2.05. The zero-order valence-corrected chi connectivity index (χ0v) is 6.64. The first-order valence-electron chi connectivity index (χ1n) is 2.88. The zero-order valence-electron chi connectivity index (χ0n) is 5.82. The van der Waals surface area contributed by atoms with Gasteiger partial charge in [0.2, 0.25) is 0 Å². The van der Waals surface area contributed by atoms with Crippen LogP contribution in [0.4, 0.5) is 0 Å². The molecule has 58 valence electrons. The molecule has 10 heavy (non-hydrogen) atoms. The fraction of sp³-hybridized carbons (Fsp3) is 0.750. The van der Waals surface area contributed by atoms with Crippen LogP contribution >= 0.6 is 12.2 Å². The predicted molar refractivity (Wildman–Crippen MR) is 44.5 cm³/mol. The maximum atomic E-state index is 8.48. The van der Waals surface area contributed by atoms with Crippen molar-refractivity contribution in [1.82, 2.24) is 4.90 Å². The van der Waals surface area contributed by atoms with Crippen LogP contribution in [-0.2, 0) is 0 Å². The van der Waals surface area contributed by atoms with Gasteiger partial charge in [-0.2, -0.15) is 0 Å². The Balaban J connectivity index is 3.61. The van der Waals surface area contributed by atoms with E-state index in [-0.39, 0.29) is 13.0 Å². The van der Waals surface area contributed by atoms with Crippen LogP contribution in [0.25, 0.3) is 0 Å². The molecule has 0 aromatic carbocycles. The van der Waals surface area contributed by atoms with Gasteiger partial charge in [0.25, 0.3) is 0 Å². The van der Waals surface area contributed by atoms with Crippen LogP contribution < -0.4 is 5.73 Å². The Hall–Kier alpha value is -0.165. The van der Waals surface area contributed by atoms with E-state index in [4.69, 9.17) is 28.0 Å². The summed E-state index contributed by atoms with van der Waals surface area (Å²) in [5, 5.41) is 17.0. The van der Waals surface area contributed by atoms with Gasteiger partial charge in [0, 0.05) is 13.6 Å². The fourth-order valence-electron chi connectivity index (χ4n) is 0.503. The number of nitrogens with two attached hydrogens (primary N) is 1. The highest BCUT2D eigenvalue weighted by atomic mass is 32.1. The molecule has 0 saturated carbocycles. The molecular formula is C4H11BN2O2S. The van der Waals surface area contributed by atoms with Gasteiger partial charge in [-0.05, 0) is 0 Å². The van der Waals surface area contributed by atoms with Crippen LogP contribution in [0, 0.1) is 0 Å². The Kier molecular flexibility index (Phi) is 4.54. The van der Waals surface area contributed by atoms with E-state index >= 15 is 0 Å². The third-order valence-electron chi connectivity index (χ3n) is 1.04. The van der Waals surface area contributed by atoms with Crippen LogP contribution in [0.3, 0.4) is 0 Å². The van der Waals surface area contributed by atoms with Gasteiger partial charge in [-0.25, -0.2) is 0 Å². The van der Waals surface area contributed by atoms with Crippen molar-refractivity contribution in [1.29, 1.82) is 0 Å². The second-order valence-corrected chi connectivity index (χ2v) is 2.43. The van der Waals surface area contributed by atoms with Gasteiger partial charge in [0.15, 0.2) is 0 Å². The monoisotopic (exact) mass is 162 g/mol. The van der Waals surface area contributed by atoms with E-state index in [1.807, 2.05) is 0 Å². The van der Waals surface area contributed by atoms with E-state index in [9.17, 15) is 0 Å². The standard InChI is InChI=1S/C4H11BN2O2S/c1-7(3-5(8)9)4(10)2-6/h8-9H,2-3,6H2,1H3. The summed E-state index contributed by atoms with van der Waals surface area (Å²) in [7, 11) is 0.309. The molecule has 0 aliphatic heterocycles. The lowest BCUT2D eigenvalue weighted by Gasteiger charge is -2.17. The van der Waals surface area contributed by atoms with Crippen molar-refractivity contribution in [3.05, 3.63) is 0 Å². The highest BCUT2D eigenvalue weighted by molar-refractivity contribution is 7.80. The lowest BCUT2D eigenvalue weighted by molar-refractivity contribution is 0.378. The summed E-state index contributed by atoms with van der Waals surface area (Å²) in [6, 6.07) is 0. The molecule has 0 aliphatic rings. The number of likely N-dealkylation sites (N-methyl/N-ethyl adjacent to an activating group) is 1. The van der Waals surface area contributed by atoms with E-state index in [2.05, 4.69) is 0 Å². The minimum Gasteiger partial charge on any atom is -0.426 e. The maximum Gasteiger partial charge on any atom is 0.472 e. The molecule has 0 aromatic heterocycles. The minimum atomic E-state index is -1.35. The van der Waals surface area contributed by atoms with Crippen LogP contribution in [-0.4, -0.2) is 47.1 Å². The number of nitrogens with zero attached hydrogens (tertiary/aromatic N) is 1. The predicted octanol–water partition coefficient (Wildman–Crippen LogP) is -1.78. The van der Waals surface area contributed by atoms with Crippen molar-refractivity contribution in [2.75, 3.05) is 20.0 Å². The minimum absolute atomic E-state index is 0.107. The van der Waals surface area contributed by atoms with Crippen LogP contribution in [0.2, 0.25) is 0 Å². The third-order valence-corrected chi connectivity index (χ3v) is 1.52. The largest absolute Gasteiger partial charge is 0.472 e. The van der Waals surface area contributed by atoms with E-state index in [0.717, 1.165) is 0 Å². The molecule has 0 amide bonds. The van der Waals surface area contributed by atoms with E-state index in [0.29, 0.717) is 4.99 Å². The summed E-state index contributed by atoms with van der Waals surface area (Å²) in [6.45, 7) is 0.262. The Morgan fingerprint density at radius 1 is 1.70 bits per heavy atom. The molecule has 4 N–H and O–H groups in total. The molecule has 0 rings (SSSR count). The number of thiocarbonyl (C=S) groups is 1. The molecule has 0 fully saturated rings. The van der Waals surface area contributed by atoms with E-state index in [1.54, 1.807) is 7.05 Å². The number of hydrogen-bond donors (Lipinski definition) is 3. The highest BCUT2D eigenvalue weighted by Crippen LogP contribution is 1.85. The molecule has 0 unspecified atom stereocenters. The molecule has 6 heteroatoms. The summed E-state index contributed by atoms with van der Waals surface area (Å²) in [5.41, 5.74) is 5.20. The molecule has 4 nitrogen and oxygen atoms in total. The first-order valence-corrected chi connectivity index (χ1v) is 3.29. The molecule has 0 saturated heterocycles. The van der Waals surface area contributed by atoms with E-state index < -0.39 is 7.12 Å². The quantitative estimate of drug-likeness (QED) is 0.338. The van der Waals surface area contributed by atoms with Crippen LogP contribution in [0.5, 0.6) is 0 Å². The zero-order chi connectivity index (χ0) is 8.15. The summed E-state index contributed by atoms with van der Waals surface area (Å²) in [6.07, 6.45) is 0.107. The molecule has 0 aliphatic carbocycles. The van der Waals surface area contributed by atoms with Crippen molar-refractivity contribution in [2.45, 2.75) is 0 Å². The second-order valence-electron chi connectivity index (χ2n) is 1.96. The van der Waals surface area contributed by atoms with Crippen LogP contribution in [0.15, 0.2) is 0 Å². The van der Waals surface area contributed by atoms with Crippen molar-refractivity contribution in [3.8, 4) is 0 Å². The van der Waals surface area contributed by atoms with E-state index in [1.165, 1.54) is 4.90 Å². The SMILES string of the molecule is CN(CB(O)O)C(=S)CN. The topological polar surface area (TPSA) is 69.7 Å². The summed E-state index contributed by atoms with van der Waals surface area (Å²) in [5.74, 6) is 0. The van der Waals surface area contributed by atoms with Gasteiger partial charge in [-0.3, -0.25) is 0 Å². The summed E-state index contributed by atoms with van der Waals surface area (Å²) >= 11 is 4.78. The van der Waals surface area contributed by atoms with Crippen molar-refractivity contribution >= 4 is 24.3 Å². The Morgan fingerprint density at radius 2 is 2.20 bits per heavy atom. The maximum absolute atomic E-state index is 8.48. The first-order chi connectivity index (χ1) is 4.57. The Bertz CT molecular complexity index is 122. The Labute approximate surface area is 65.8 Å². The second kappa shape index (κ2) is 4.62. The van der Waals surface area contributed by atoms with Gasteiger partial charge in [0.05, 0.1) is 11.4 Å². The molecule has 0 spiro atoms. The molecule has 0 atom stereocenters. The smallest absolute Gasteiger partial charge is 0.426 e. The lowest BCUT2D eigenvalue weighted by atomic mass is 9.92. The lowest BCUT2D eigenvalue weighted by Crippen LogP contribution is -2.38. The van der Waals surface area contributed by atoms with Crippen LogP contribution in [0.1, 0.15) is 0 Å². The molecule has 0 aromatic rings. The van der Waals surface area contributed by atoms with Gasteiger partial charge in [0.1, 0.15) is 0 Å². The van der Waals surface area contributed by atoms with Crippen molar-refractivity contribution in [2.24, 2.45) is 5.73 Å². The van der Waals surface area contributed by atoms with Crippen molar-refractivity contribution in [3.63, 3.8) is 0 Å². The van der Waals surface area contributed by atoms with Crippen molar-refractivity contribution < 1.29 is 10.0 Å². The number of rotatable bonds is 3. The molecule has 0 bridgehead atoms. The molecule has 0 heterocycles. The third kappa shape index (κ3) is 3.78. The van der Waals surface area contributed by atoms with Gasteiger partial charge >= 0.3 is 7.12 Å². The highest BCUT2D eigenvalue weighted by Gasteiger charge is 2.11. The first kappa shape index (κ1) is 9.83. The van der Waals surface area contributed by atoms with Gasteiger partial charge in [-0.15, -0.1) is 0 Å². The summed E-state index contributed by atoms with van der Waals surface area (Å²) < 4.78 is 0. The molecular weight excluding hydrogens is 151 g/mol. The average Bonchev–Trinajstić information content (AvgIpc) is 1.85. The average molecular weight is 162 g/mol. The van der Waals surface area contributed by atoms with Gasteiger partial charge < -0.3 is 20.7 Å². The van der Waals surface area contributed by atoms with Gasteiger partial charge in [-0.1, -0.05) is 12.2 Å².